The predicted molar refractivity (Wildman–Crippen MR) is 77.3 cm³/mol. The highest BCUT2D eigenvalue weighted by Crippen LogP contribution is 2.28. The molecule has 1 aromatic rings. The molecule has 2 aliphatic heterocycles. The topological polar surface area (TPSA) is 66.9 Å². The molecular formula is C14H17FN2O4S. The second kappa shape index (κ2) is 5.51. The van der Waals surface area contributed by atoms with Crippen LogP contribution >= 0.6 is 0 Å². The highest BCUT2D eigenvalue weighted by atomic mass is 32.2. The molecule has 0 radical (unpaired) electrons. The molecule has 22 heavy (non-hydrogen) atoms. The SMILES string of the molecule is CS(=O)(=O)N1CC2OC(=O)N(CCc3ccc(F)cc3)C2C1. The third-order valence-electron chi connectivity index (χ3n) is 4.11. The molecule has 3 rings (SSSR count). The third kappa shape index (κ3) is 2.93. The number of rotatable bonds is 4. The van der Waals surface area contributed by atoms with Gasteiger partial charge in [-0.2, -0.15) is 4.31 Å². The van der Waals surface area contributed by atoms with Gasteiger partial charge in [-0.05, 0) is 24.1 Å². The number of fused-ring (bicyclic) bond motifs is 1. The number of ether oxygens (including phenoxy) is 1. The summed E-state index contributed by atoms with van der Waals surface area (Å²) in [6, 6.07) is 5.85. The monoisotopic (exact) mass is 328 g/mol. The largest absolute Gasteiger partial charge is 0.442 e. The number of halogens is 1. The fourth-order valence-corrected chi connectivity index (χ4v) is 3.74. The Hall–Kier alpha value is -1.67. The molecule has 0 spiro atoms. The smallest absolute Gasteiger partial charge is 0.410 e. The van der Waals surface area contributed by atoms with E-state index in [0.717, 1.165) is 11.8 Å². The zero-order valence-electron chi connectivity index (χ0n) is 12.1. The van der Waals surface area contributed by atoms with Gasteiger partial charge in [-0.25, -0.2) is 17.6 Å². The van der Waals surface area contributed by atoms with E-state index >= 15 is 0 Å². The van der Waals surface area contributed by atoms with E-state index < -0.39 is 22.2 Å². The first-order chi connectivity index (χ1) is 10.3. The first kappa shape index (κ1) is 15.2. The van der Waals surface area contributed by atoms with Gasteiger partial charge in [0.15, 0.2) is 0 Å². The van der Waals surface area contributed by atoms with Crippen LogP contribution in [-0.4, -0.2) is 61.8 Å². The molecule has 2 atom stereocenters. The van der Waals surface area contributed by atoms with Crippen molar-refractivity contribution in [3.8, 4) is 0 Å². The number of amides is 1. The molecule has 1 aromatic carbocycles. The van der Waals surface area contributed by atoms with Gasteiger partial charge < -0.3 is 4.74 Å². The molecule has 120 valence electrons. The molecular weight excluding hydrogens is 311 g/mol. The van der Waals surface area contributed by atoms with Crippen molar-refractivity contribution in [1.29, 1.82) is 0 Å². The zero-order chi connectivity index (χ0) is 15.9. The Morgan fingerprint density at radius 2 is 1.95 bits per heavy atom. The van der Waals surface area contributed by atoms with Crippen molar-refractivity contribution < 1.29 is 22.3 Å². The molecule has 0 saturated carbocycles. The lowest BCUT2D eigenvalue weighted by molar-refractivity contribution is 0.129. The summed E-state index contributed by atoms with van der Waals surface area (Å²) in [5.41, 5.74) is 0.913. The van der Waals surface area contributed by atoms with Crippen LogP contribution in [0.5, 0.6) is 0 Å². The van der Waals surface area contributed by atoms with Gasteiger partial charge in [-0.15, -0.1) is 0 Å². The van der Waals surface area contributed by atoms with Crippen LogP contribution in [0.1, 0.15) is 5.56 Å². The molecule has 1 amide bonds. The molecule has 0 aliphatic carbocycles. The van der Waals surface area contributed by atoms with E-state index in [9.17, 15) is 17.6 Å². The maximum Gasteiger partial charge on any atom is 0.410 e. The predicted octanol–water partition coefficient (Wildman–Crippen LogP) is 0.833. The van der Waals surface area contributed by atoms with E-state index in [1.54, 1.807) is 17.0 Å². The Bertz CT molecular complexity index is 677. The van der Waals surface area contributed by atoms with Gasteiger partial charge >= 0.3 is 6.09 Å². The van der Waals surface area contributed by atoms with E-state index in [2.05, 4.69) is 0 Å². The van der Waals surface area contributed by atoms with Gasteiger partial charge in [0, 0.05) is 13.1 Å². The lowest BCUT2D eigenvalue weighted by atomic mass is 10.1. The van der Waals surface area contributed by atoms with E-state index in [4.69, 9.17) is 4.74 Å². The van der Waals surface area contributed by atoms with Gasteiger partial charge in [0.2, 0.25) is 10.0 Å². The molecule has 2 aliphatic rings. The second-order valence-corrected chi connectivity index (χ2v) is 7.62. The van der Waals surface area contributed by atoms with Gasteiger partial charge in [0.1, 0.15) is 11.9 Å². The van der Waals surface area contributed by atoms with Gasteiger partial charge in [0.05, 0.1) is 18.8 Å². The van der Waals surface area contributed by atoms with Crippen molar-refractivity contribution >= 4 is 16.1 Å². The molecule has 0 aromatic heterocycles. The number of sulfonamides is 1. The third-order valence-corrected chi connectivity index (χ3v) is 5.35. The Morgan fingerprint density at radius 3 is 2.59 bits per heavy atom. The van der Waals surface area contributed by atoms with Crippen molar-refractivity contribution in [2.75, 3.05) is 25.9 Å². The summed E-state index contributed by atoms with van der Waals surface area (Å²) in [4.78, 5) is 13.5. The average molecular weight is 328 g/mol. The van der Waals surface area contributed by atoms with Crippen molar-refractivity contribution in [2.24, 2.45) is 0 Å². The zero-order valence-corrected chi connectivity index (χ0v) is 12.9. The second-order valence-electron chi connectivity index (χ2n) is 5.64. The summed E-state index contributed by atoms with van der Waals surface area (Å²) in [6.07, 6.45) is 0.900. The quantitative estimate of drug-likeness (QED) is 0.821. The van der Waals surface area contributed by atoms with Crippen molar-refractivity contribution in [1.82, 2.24) is 9.21 Å². The minimum Gasteiger partial charge on any atom is -0.442 e. The van der Waals surface area contributed by atoms with Crippen molar-refractivity contribution in [3.05, 3.63) is 35.6 Å². The average Bonchev–Trinajstić information content (AvgIpc) is 2.96. The summed E-state index contributed by atoms with van der Waals surface area (Å²) in [6.45, 7) is 0.893. The summed E-state index contributed by atoms with van der Waals surface area (Å²) in [5, 5.41) is 0. The molecule has 2 unspecified atom stereocenters. The van der Waals surface area contributed by atoms with E-state index in [-0.39, 0.29) is 24.9 Å². The van der Waals surface area contributed by atoms with Gasteiger partial charge in [0.25, 0.3) is 0 Å². The van der Waals surface area contributed by atoms with Crippen LogP contribution < -0.4 is 0 Å². The van der Waals surface area contributed by atoms with Crippen LogP contribution in [-0.2, 0) is 21.2 Å². The Kier molecular flexibility index (Phi) is 3.82. The standard InChI is InChI=1S/C14H17FN2O4S/c1-22(19,20)16-8-12-13(9-16)21-14(18)17(12)7-6-10-2-4-11(15)5-3-10/h2-5,12-13H,6-9H2,1H3. The van der Waals surface area contributed by atoms with Crippen LogP contribution in [0.3, 0.4) is 0 Å². The molecule has 2 fully saturated rings. The van der Waals surface area contributed by atoms with Crippen LogP contribution in [0.2, 0.25) is 0 Å². The lowest BCUT2D eigenvalue weighted by Gasteiger charge is -2.21. The fourth-order valence-electron chi connectivity index (χ4n) is 2.90. The van der Waals surface area contributed by atoms with Crippen molar-refractivity contribution in [3.63, 3.8) is 0 Å². The van der Waals surface area contributed by atoms with Crippen molar-refractivity contribution in [2.45, 2.75) is 18.6 Å². The molecule has 2 saturated heterocycles. The maximum absolute atomic E-state index is 12.9. The minimum atomic E-state index is -3.28. The number of nitrogens with zero attached hydrogens (tertiary/aromatic N) is 2. The molecule has 2 heterocycles. The van der Waals surface area contributed by atoms with Gasteiger partial charge in [-0.1, -0.05) is 12.1 Å². The van der Waals surface area contributed by atoms with E-state index in [0.29, 0.717) is 13.0 Å². The first-order valence-corrected chi connectivity index (χ1v) is 8.86. The molecule has 8 heteroatoms. The highest BCUT2D eigenvalue weighted by Gasteiger charge is 2.49. The lowest BCUT2D eigenvalue weighted by Crippen LogP contribution is -2.40. The van der Waals surface area contributed by atoms with E-state index in [1.165, 1.54) is 16.4 Å². The van der Waals surface area contributed by atoms with Crippen LogP contribution in [0.4, 0.5) is 9.18 Å². The molecule has 6 nitrogen and oxygen atoms in total. The Balaban J connectivity index is 1.66. The molecule has 0 N–H and O–H groups in total. The number of hydrogen-bond acceptors (Lipinski definition) is 4. The van der Waals surface area contributed by atoms with Gasteiger partial charge in [-0.3, -0.25) is 4.90 Å². The highest BCUT2D eigenvalue weighted by molar-refractivity contribution is 7.88. The number of carbonyl (C=O) groups is 1. The number of hydrogen-bond donors (Lipinski definition) is 0. The summed E-state index contributed by atoms with van der Waals surface area (Å²) in [7, 11) is -3.28. The maximum atomic E-state index is 12.9. The first-order valence-electron chi connectivity index (χ1n) is 7.01. The summed E-state index contributed by atoms with van der Waals surface area (Å²) < 4.78 is 42.6. The Morgan fingerprint density at radius 1 is 1.27 bits per heavy atom. The number of carbonyl (C=O) groups excluding carboxylic acids is 1. The normalized spacial score (nSPS) is 25.4. The summed E-state index contributed by atoms with van der Waals surface area (Å²) >= 11 is 0. The minimum absolute atomic E-state index is 0.211. The van der Waals surface area contributed by atoms with E-state index in [1.807, 2.05) is 0 Å². The fraction of sp³-hybridized carbons (Fsp3) is 0.500. The van der Waals surface area contributed by atoms with Crippen LogP contribution in [0.25, 0.3) is 0 Å². The number of benzene rings is 1. The molecule has 0 bridgehead atoms. The van der Waals surface area contributed by atoms with Crippen LogP contribution in [0, 0.1) is 5.82 Å². The van der Waals surface area contributed by atoms with Crippen LogP contribution in [0.15, 0.2) is 24.3 Å². The Labute approximate surface area is 128 Å². The summed E-state index contributed by atoms with van der Waals surface area (Å²) in [5.74, 6) is -0.302.